The first-order valence-corrected chi connectivity index (χ1v) is 10.6. The number of ether oxygens (including phenoxy) is 1. The summed E-state index contributed by atoms with van der Waals surface area (Å²) in [6, 6.07) is 1.51. The predicted octanol–water partition coefficient (Wildman–Crippen LogP) is 2.36. The Morgan fingerprint density at radius 1 is 1.04 bits per heavy atom. The third kappa shape index (κ3) is 3.88. The predicted molar refractivity (Wildman–Crippen MR) is 98.2 cm³/mol. The Hall–Kier alpha value is -0.650. The number of rotatable bonds is 3. The van der Waals surface area contributed by atoms with E-state index in [9.17, 15) is 4.79 Å². The van der Waals surface area contributed by atoms with Crippen molar-refractivity contribution in [3.05, 3.63) is 0 Å². The van der Waals surface area contributed by atoms with Crippen molar-refractivity contribution < 1.29 is 9.53 Å². The zero-order valence-electron chi connectivity index (χ0n) is 15.8. The lowest BCUT2D eigenvalue weighted by molar-refractivity contribution is -0.130. The van der Waals surface area contributed by atoms with E-state index in [1.165, 1.54) is 44.9 Å². The van der Waals surface area contributed by atoms with E-state index < -0.39 is 0 Å². The summed E-state index contributed by atoms with van der Waals surface area (Å²) in [6.45, 7) is 5.98. The molecule has 4 fully saturated rings. The van der Waals surface area contributed by atoms with E-state index in [0.29, 0.717) is 24.5 Å². The minimum atomic E-state index is 0.245. The molecule has 0 radical (unpaired) electrons. The van der Waals surface area contributed by atoms with Gasteiger partial charge in [-0.1, -0.05) is 19.3 Å². The summed E-state index contributed by atoms with van der Waals surface area (Å²) in [5.74, 6) is 1.10. The van der Waals surface area contributed by atoms with E-state index in [4.69, 9.17) is 4.74 Å². The molecule has 3 saturated heterocycles. The largest absolute Gasteiger partial charge is 0.379 e. The minimum Gasteiger partial charge on any atom is -0.379 e. The molecule has 4 atom stereocenters. The van der Waals surface area contributed by atoms with Gasteiger partial charge in [0.05, 0.1) is 19.4 Å². The summed E-state index contributed by atoms with van der Waals surface area (Å²) in [5, 5.41) is 3.34. The van der Waals surface area contributed by atoms with Crippen molar-refractivity contribution in [1.29, 1.82) is 0 Å². The van der Waals surface area contributed by atoms with Crippen molar-refractivity contribution in [3.63, 3.8) is 0 Å². The highest BCUT2D eigenvalue weighted by molar-refractivity contribution is 5.77. The molecule has 1 saturated carbocycles. The number of morpholine rings is 1. The lowest BCUT2D eigenvalue weighted by Gasteiger charge is -2.46. The Labute approximate surface area is 152 Å². The van der Waals surface area contributed by atoms with Gasteiger partial charge in [0.25, 0.3) is 0 Å². The topological polar surface area (TPSA) is 44.8 Å². The maximum absolute atomic E-state index is 12.5. The zero-order chi connectivity index (χ0) is 17.2. The molecule has 0 bridgehead atoms. The molecule has 1 aliphatic carbocycles. The van der Waals surface area contributed by atoms with Crippen molar-refractivity contribution in [2.24, 2.45) is 5.92 Å². The highest BCUT2D eigenvalue weighted by Crippen LogP contribution is 2.36. The molecule has 0 aromatic rings. The number of carbonyl (C=O) groups is 1. The second kappa shape index (κ2) is 7.93. The highest BCUT2D eigenvalue weighted by Gasteiger charge is 2.41. The Balaban J connectivity index is 1.44. The van der Waals surface area contributed by atoms with Crippen LogP contribution in [-0.4, -0.2) is 66.3 Å². The van der Waals surface area contributed by atoms with Crippen LogP contribution in [0.15, 0.2) is 0 Å². The molecule has 3 aliphatic heterocycles. The van der Waals surface area contributed by atoms with Gasteiger partial charge in [-0.15, -0.1) is 0 Å². The highest BCUT2D eigenvalue weighted by atomic mass is 16.5. The molecule has 1 N–H and O–H groups in total. The SMILES string of the molecule is C[C@@H]1COCCN1C1CC(=O)NC(N2CCC[C@H]2C2CCCCC2)C1. The smallest absolute Gasteiger partial charge is 0.222 e. The summed E-state index contributed by atoms with van der Waals surface area (Å²) in [6.07, 6.45) is 11.6. The Bertz CT molecular complexity index is 466. The Morgan fingerprint density at radius 2 is 1.88 bits per heavy atom. The average Bonchev–Trinajstić information content (AvgIpc) is 3.12. The first-order chi connectivity index (χ1) is 12.2. The van der Waals surface area contributed by atoms with E-state index in [1.54, 1.807) is 0 Å². The summed E-state index contributed by atoms with van der Waals surface area (Å²) >= 11 is 0. The lowest BCUT2D eigenvalue weighted by Crippen LogP contribution is -2.61. The van der Waals surface area contributed by atoms with Gasteiger partial charge in [0.1, 0.15) is 0 Å². The van der Waals surface area contributed by atoms with Crippen molar-refractivity contribution in [2.75, 3.05) is 26.3 Å². The van der Waals surface area contributed by atoms with Crippen molar-refractivity contribution in [2.45, 2.75) is 89.0 Å². The molecule has 5 heteroatoms. The molecule has 142 valence electrons. The number of amides is 1. The minimum absolute atomic E-state index is 0.245. The van der Waals surface area contributed by atoms with Crippen LogP contribution in [-0.2, 0) is 9.53 Å². The van der Waals surface area contributed by atoms with Crippen molar-refractivity contribution in [1.82, 2.24) is 15.1 Å². The third-order valence-electron chi connectivity index (χ3n) is 7.07. The van der Waals surface area contributed by atoms with Crippen LogP contribution in [0.3, 0.4) is 0 Å². The molecule has 4 rings (SSSR count). The van der Waals surface area contributed by atoms with Crippen LogP contribution in [0.2, 0.25) is 0 Å². The van der Waals surface area contributed by atoms with Crippen LogP contribution >= 0.6 is 0 Å². The maximum Gasteiger partial charge on any atom is 0.222 e. The fourth-order valence-electron chi connectivity index (χ4n) is 5.84. The van der Waals surface area contributed by atoms with E-state index in [0.717, 1.165) is 38.6 Å². The summed E-state index contributed by atoms with van der Waals surface area (Å²) in [5.41, 5.74) is 0. The zero-order valence-corrected chi connectivity index (χ0v) is 15.8. The van der Waals surface area contributed by atoms with Crippen LogP contribution in [0, 0.1) is 5.92 Å². The molecular weight excluding hydrogens is 314 g/mol. The fraction of sp³-hybridized carbons (Fsp3) is 0.950. The van der Waals surface area contributed by atoms with Gasteiger partial charge in [0.2, 0.25) is 5.91 Å². The summed E-state index contributed by atoms with van der Waals surface area (Å²) < 4.78 is 5.60. The van der Waals surface area contributed by atoms with Crippen LogP contribution in [0.4, 0.5) is 0 Å². The maximum atomic E-state index is 12.5. The number of piperidine rings is 1. The first kappa shape index (κ1) is 17.7. The number of likely N-dealkylation sites (tertiary alicyclic amines) is 1. The van der Waals surface area contributed by atoms with Gasteiger partial charge in [-0.3, -0.25) is 14.6 Å². The molecule has 0 spiro atoms. The van der Waals surface area contributed by atoms with Crippen LogP contribution in [0.5, 0.6) is 0 Å². The number of nitrogens with one attached hydrogen (secondary N) is 1. The van der Waals surface area contributed by atoms with Gasteiger partial charge in [0.15, 0.2) is 0 Å². The van der Waals surface area contributed by atoms with Gasteiger partial charge in [-0.25, -0.2) is 0 Å². The van der Waals surface area contributed by atoms with E-state index in [2.05, 4.69) is 22.0 Å². The first-order valence-electron chi connectivity index (χ1n) is 10.6. The second-order valence-corrected chi connectivity index (χ2v) is 8.68. The molecule has 0 aromatic heterocycles. The molecule has 25 heavy (non-hydrogen) atoms. The second-order valence-electron chi connectivity index (χ2n) is 8.68. The van der Waals surface area contributed by atoms with Crippen molar-refractivity contribution >= 4 is 5.91 Å². The van der Waals surface area contributed by atoms with Crippen LogP contribution in [0.25, 0.3) is 0 Å². The van der Waals surface area contributed by atoms with Gasteiger partial charge in [-0.2, -0.15) is 0 Å². The lowest BCUT2D eigenvalue weighted by atomic mass is 9.82. The van der Waals surface area contributed by atoms with Crippen LogP contribution in [0.1, 0.15) is 64.7 Å². The third-order valence-corrected chi connectivity index (χ3v) is 7.07. The molecule has 4 aliphatic rings. The van der Waals surface area contributed by atoms with Crippen molar-refractivity contribution in [3.8, 4) is 0 Å². The number of nitrogens with zero attached hydrogens (tertiary/aromatic N) is 2. The molecule has 3 heterocycles. The molecule has 5 nitrogen and oxygen atoms in total. The van der Waals surface area contributed by atoms with E-state index in [1.807, 2.05) is 0 Å². The molecule has 2 unspecified atom stereocenters. The Kier molecular flexibility index (Phi) is 5.63. The number of hydrogen-bond donors (Lipinski definition) is 1. The van der Waals surface area contributed by atoms with Gasteiger partial charge in [0, 0.05) is 37.6 Å². The normalized spacial score (nSPS) is 39.5. The number of hydrogen-bond acceptors (Lipinski definition) is 4. The summed E-state index contributed by atoms with van der Waals surface area (Å²) in [4.78, 5) is 17.7. The average molecular weight is 350 g/mol. The van der Waals surface area contributed by atoms with E-state index >= 15 is 0 Å². The van der Waals surface area contributed by atoms with Crippen LogP contribution < -0.4 is 5.32 Å². The number of carbonyl (C=O) groups excluding carboxylic acids is 1. The summed E-state index contributed by atoms with van der Waals surface area (Å²) in [7, 11) is 0. The fourth-order valence-corrected chi connectivity index (χ4v) is 5.84. The van der Waals surface area contributed by atoms with Gasteiger partial charge in [-0.05, 0) is 44.9 Å². The van der Waals surface area contributed by atoms with E-state index in [-0.39, 0.29) is 12.1 Å². The van der Waals surface area contributed by atoms with Gasteiger partial charge < -0.3 is 10.1 Å². The monoisotopic (exact) mass is 349 g/mol. The molecular formula is C20H35N3O2. The molecule has 1 amide bonds. The standard InChI is InChI=1S/C20H35N3O2/c1-15-14-25-11-10-22(15)17-12-19(21-20(24)13-17)23-9-5-8-18(23)16-6-3-2-4-7-16/h15-19H,2-14H2,1H3,(H,21,24)/t15-,17?,18+,19?/m1/s1. The quantitative estimate of drug-likeness (QED) is 0.850. The van der Waals surface area contributed by atoms with Gasteiger partial charge >= 0.3 is 0 Å². The molecule has 0 aromatic carbocycles. The Morgan fingerprint density at radius 3 is 2.68 bits per heavy atom.